The van der Waals surface area contributed by atoms with Crippen molar-refractivity contribution in [1.82, 2.24) is 14.9 Å². The molecule has 1 aromatic heterocycles. The predicted octanol–water partition coefficient (Wildman–Crippen LogP) is -2.62. The van der Waals surface area contributed by atoms with Crippen molar-refractivity contribution < 1.29 is 20.1 Å². The number of nitrogens with zero attached hydrogens (tertiary/aromatic N) is 1. The van der Waals surface area contributed by atoms with Crippen LogP contribution in [0.4, 0.5) is 0 Å². The predicted molar refractivity (Wildman–Crippen MR) is 71.2 cm³/mol. The van der Waals surface area contributed by atoms with E-state index in [1.165, 1.54) is 6.20 Å². The van der Waals surface area contributed by atoms with Gasteiger partial charge in [-0.05, 0) is 13.1 Å². The molecule has 0 amide bonds. The second kappa shape index (κ2) is 5.82. The number of rotatable bonds is 4. The Kier molecular flexibility index (Phi) is 4.28. The van der Waals surface area contributed by atoms with Gasteiger partial charge in [0.05, 0.1) is 6.61 Å². The van der Waals surface area contributed by atoms with Crippen molar-refractivity contribution in [3.63, 3.8) is 0 Å². The van der Waals surface area contributed by atoms with Gasteiger partial charge in [-0.15, -0.1) is 0 Å². The number of allylic oxidation sites excluding steroid dienone is 1. The van der Waals surface area contributed by atoms with Crippen molar-refractivity contribution in [2.75, 3.05) is 6.61 Å². The second-order valence-corrected chi connectivity index (χ2v) is 4.60. The van der Waals surface area contributed by atoms with Gasteiger partial charge in [0.2, 0.25) is 0 Å². The third-order valence-corrected chi connectivity index (χ3v) is 3.25. The van der Waals surface area contributed by atoms with Crippen molar-refractivity contribution in [2.24, 2.45) is 0 Å². The van der Waals surface area contributed by atoms with Gasteiger partial charge >= 0.3 is 5.69 Å². The average Bonchev–Trinajstić information content (AvgIpc) is 2.70. The van der Waals surface area contributed by atoms with Crippen LogP contribution in [0, 0.1) is 0 Å². The van der Waals surface area contributed by atoms with E-state index in [0.29, 0.717) is 0 Å². The molecule has 0 radical (unpaired) electrons. The van der Waals surface area contributed by atoms with E-state index in [-0.39, 0.29) is 0 Å². The summed E-state index contributed by atoms with van der Waals surface area (Å²) >= 11 is 0. The molecule has 9 heteroatoms. The topological polar surface area (TPSA) is 137 Å². The van der Waals surface area contributed by atoms with E-state index in [4.69, 9.17) is 4.74 Å². The lowest BCUT2D eigenvalue weighted by Gasteiger charge is -2.33. The summed E-state index contributed by atoms with van der Waals surface area (Å²) in [5, 5.41) is 32.0. The number of nitrogens with one attached hydrogen (secondary N) is 2. The van der Waals surface area contributed by atoms with Crippen LogP contribution in [0.3, 0.4) is 0 Å². The lowest BCUT2D eigenvalue weighted by atomic mass is 10.1. The third kappa shape index (κ3) is 2.51. The highest BCUT2D eigenvalue weighted by Crippen LogP contribution is 2.32. The third-order valence-electron chi connectivity index (χ3n) is 3.25. The molecule has 1 aliphatic heterocycles. The number of aliphatic hydroxyl groups is 3. The highest BCUT2D eigenvalue weighted by atomic mass is 16.6. The van der Waals surface area contributed by atoms with Gasteiger partial charge in [0.25, 0.3) is 11.4 Å². The molecule has 5 N–H and O–H groups in total. The molecule has 2 heterocycles. The van der Waals surface area contributed by atoms with Gasteiger partial charge in [-0.2, -0.15) is 0 Å². The number of hydrogen-bond donors (Lipinski definition) is 5. The number of ether oxygens (including phenoxy) is 1. The minimum atomic E-state index is -1.83. The van der Waals surface area contributed by atoms with E-state index in [0.717, 1.165) is 16.8 Å². The van der Waals surface area contributed by atoms with Gasteiger partial charge in [0, 0.05) is 12.3 Å². The van der Waals surface area contributed by atoms with Gasteiger partial charge in [-0.25, -0.2) is 4.79 Å². The molecular weight excluding hydrogens is 282 g/mol. The molecule has 0 aliphatic carbocycles. The quantitative estimate of drug-likeness (QED) is 0.410. The first kappa shape index (κ1) is 15.4. The Balaban J connectivity index is 2.57. The highest BCUT2D eigenvalue weighted by molar-refractivity contribution is 5.02. The van der Waals surface area contributed by atoms with Crippen LogP contribution >= 0.6 is 0 Å². The maximum Gasteiger partial charge on any atom is 0.332 e. The van der Waals surface area contributed by atoms with Crippen LogP contribution in [0.15, 0.2) is 34.1 Å². The van der Waals surface area contributed by atoms with Crippen LogP contribution in [0.2, 0.25) is 0 Å². The fraction of sp³-hybridized carbons (Fsp3) is 0.500. The van der Waals surface area contributed by atoms with Crippen LogP contribution in [-0.4, -0.2) is 49.8 Å². The van der Waals surface area contributed by atoms with Crippen molar-refractivity contribution >= 4 is 0 Å². The molecule has 116 valence electrons. The van der Waals surface area contributed by atoms with Gasteiger partial charge in [0.1, 0.15) is 12.2 Å². The Morgan fingerprint density at radius 2 is 2.24 bits per heavy atom. The maximum atomic E-state index is 12.0. The Hall–Kier alpha value is -1.94. The molecule has 1 aliphatic rings. The molecule has 0 spiro atoms. The first-order chi connectivity index (χ1) is 9.96. The molecule has 21 heavy (non-hydrogen) atoms. The van der Waals surface area contributed by atoms with Gasteiger partial charge in [0.15, 0.2) is 6.10 Å². The Bertz CT molecular complexity index is 638. The standard InChI is InChI=1S/C12H17N3O6/c1-2-4-13-12(10(19)9(18)7(6-16)21-12)15-5-3-8(17)14-11(15)20/h2-5,7,9-10,13,16,18-19H,6H2,1H3,(H,14,17,20)/b4-2+/t7-,9-,10-,12+/m1/s1. The smallest absolute Gasteiger partial charge is 0.332 e. The first-order valence-corrected chi connectivity index (χ1v) is 6.32. The van der Waals surface area contributed by atoms with Crippen molar-refractivity contribution in [1.29, 1.82) is 0 Å². The van der Waals surface area contributed by atoms with Gasteiger partial charge in [-0.3, -0.25) is 14.3 Å². The van der Waals surface area contributed by atoms with Crippen molar-refractivity contribution in [3.8, 4) is 0 Å². The zero-order chi connectivity index (χ0) is 15.6. The summed E-state index contributed by atoms with van der Waals surface area (Å²) < 4.78 is 6.37. The maximum absolute atomic E-state index is 12.0. The van der Waals surface area contributed by atoms with Crippen LogP contribution < -0.4 is 16.6 Å². The summed E-state index contributed by atoms with van der Waals surface area (Å²) in [7, 11) is 0. The molecular formula is C12H17N3O6. The summed E-state index contributed by atoms with van der Waals surface area (Å²) in [6.45, 7) is 1.15. The molecule has 0 aromatic carbocycles. The molecule has 1 saturated heterocycles. The molecule has 0 saturated carbocycles. The number of aromatic nitrogens is 2. The minimum Gasteiger partial charge on any atom is -0.394 e. The summed E-state index contributed by atoms with van der Waals surface area (Å²) in [4.78, 5) is 25.1. The molecule has 0 bridgehead atoms. The normalized spacial score (nSPS) is 32.7. The lowest BCUT2D eigenvalue weighted by Crippen LogP contribution is -2.58. The van der Waals surface area contributed by atoms with Crippen molar-refractivity contribution in [2.45, 2.75) is 31.1 Å². The number of aromatic amines is 1. The molecule has 0 unspecified atom stereocenters. The van der Waals surface area contributed by atoms with E-state index in [1.54, 1.807) is 13.0 Å². The molecule has 9 nitrogen and oxygen atoms in total. The largest absolute Gasteiger partial charge is 0.394 e. The van der Waals surface area contributed by atoms with Crippen LogP contribution in [-0.2, 0) is 10.6 Å². The highest BCUT2D eigenvalue weighted by Gasteiger charge is 2.55. The van der Waals surface area contributed by atoms with E-state index < -0.39 is 42.0 Å². The number of hydrogen-bond acceptors (Lipinski definition) is 7. The van der Waals surface area contributed by atoms with E-state index in [1.807, 2.05) is 4.98 Å². The fourth-order valence-corrected chi connectivity index (χ4v) is 2.22. The SMILES string of the molecule is C/C=C/N[C@@]1(n2ccc(=O)[nH]c2=O)O[C@H](CO)[C@@H](O)[C@H]1O. The molecule has 1 aromatic rings. The van der Waals surface area contributed by atoms with Crippen LogP contribution in [0.5, 0.6) is 0 Å². The van der Waals surface area contributed by atoms with Crippen molar-refractivity contribution in [3.05, 3.63) is 45.4 Å². The van der Waals surface area contributed by atoms with E-state index in [9.17, 15) is 24.9 Å². The summed E-state index contributed by atoms with van der Waals surface area (Å²) in [6, 6.07) is 1.08. The average molecular weight is 299 g/mol. The molecule has 4 atom stereocenters. The Labute approximate surface area is 119 Å². The fourth-order valence-electron chi connectivity index (χ4n) is 2.22. The summed E-state index contributed by atoms with van der Waals surface area (Å²) in [5.41, 5.74) is -1.44. The number of aliphatic hydroxyl groups excluding tert-OH is 3. The van der Waals surface area contributed by atoms with Gasteiger partial charge < -0.3 is 25.4 Å². The monoisotopic (exact) mass is 299 g/mol. The second-order valence-electron chi connectivity index (χ2n) is 4.60. The van der Waals surface area contributed by atoms with Gasteiger partial charge in [-0.1, -0.05) is 6.08 Å². The van der Waals surface area contributed by atoms with Crippen LogP contribution in [0.1, 0.15) is 6.92 Å². The number of H-pyrrole nitrogens is 1. The van der Waals surface area contributed by atoms with Crippen LogP contribution in [0.25, 0.3) is 0 Å². The first-order valence-electron chi connectivity index (χ1n) is 6.32. The lowest BCUT2D eigenvalue weighted by molar-refractivity contribution is -0.165. The zero-order valence-electron chi connectivity index (χ0n) is 11.3. The van der Waals surface area contributed by atoms with E-state index in [2.05, 4.69) is 5.32 Å². The van der Waals surface area contributed by atoms with E-state index >= 15 is 0 Å². The Morgan fingerprint density at radius 3 is 2.76 bits per heavy atom. The Morgan fingerprint density at radius 1 is 1.52 bits per heavy atom. The summed E-state index contributed by atoms with van der Waals surface area (Å²) in [5.74, 6) is -1.83. The molecule has 2 rings (SSSR count). The summed E-state index contributed by atoms with van der Waals surface area (Å²) in [6.07, 6.45) is 0.0889. The minimum absolute atomic E-state index is 0.546. The molecule has 1 fully saturated rings. The zero-order valence-corrected chi connectivity index (χ0v) is 11.3.